The summed E-state index contributed by atoms with van der Waals surface area (Å²) < 4.78 is 18.7. The zero-order chi connectivity index (χ0) is 19.7. The molecule has 0 aromatic carbocycles. The number of aromatic amines is 1. The smallest absolute Gasteiger partial charge is 0.311 e. The molecule has 2 bridgehead atoms. The van der Waals surface area contributed by atoms with Gasteiger partial charge in [0, 0.05) is 23.5 Å². The minimum Gasteiger partial charge on any atom is -0.466 e. The van der Waals surface area contributed by atoms with Crippen molar-refractivity contribution in [3.63, 3.8) is 0 Å². The summed E-state index contributed by atoms with van der Waals surface area (Å²) in [7, 11) is 0. The number of carbonyl (C=O) groups is 2. The van der Waals surface area contributed by atoms with Crippen LogP contribution < -0.4 is 5.32 Å². The third-order valence-electron chi connectivity index (χ3n) is 5.88. The highest BCUT2D eigenvalue weighted by Gasteiger charge is 2.48. The lowest BCUT2D eigenvalue weighted by Crippen LogP contribution is -2.56. The zero-order valence-corrected chi connectivity index (χ0v) is 15.6. The van der Waals surface area contributed by atoms with Gasteiger partial charge >= 0.3 is 5.97 Å². The molecular weight excluding hydrogens is 361 g/mol. The first-order valence-corrected chi connectivity index (χ1v) is 9.68. The lowest BCUT2D eigenvalue weighted by molar-refractivity contribution is -0.156. The van der Waals surface area contributed by atoms with Crippen LogP contribution >= 0.6 is 0 Å². The minimum absolute atomic E-state index is 0.228. The van der Waals surface area contributed by atoms with Crippen molar-refractivity contribution in [2.45, 2.75) is 38.6 Å². The second-order valence-electron chi connectivity index (χ2n) is 7.45. The van der Waals surface area contributed by atoms with Crippen LogP contribution in [0.15, 0.2) is 18.5 Å². The van der Waals surface area contributed by atoms with Gasteiger partial charge in [0.1, 0.15) is 11.5 Å². The summed E-state index contributed by atoms with van der Waals surface area (Å²) in [5.41, 5.74) is 1.02. The molecule has 146 valence electrons. The molecule has 0 aliphatic heterocycles. The number of nitrogens with one attached hydrogen (secondary N) is 2. The number of halogens is 1. The van der Waals surface area contributed by atoms with E-state index in [1.807, 2.05) is 0 Å². The van der Waals surface area contributed by atoms with E-state index in [1.165, 1.54) is 6.07 Å². The number of fused-ring (bicyclic) bond motifs is 4. The molecule has 3 aliphatic rings. The normalized spacial score (nSPS) is 25.8. The van der Waals surface area contributed by atoms with E-state index >= 15 is 0 Å². The number of nitrogens with zero attached hydrogens (tertiary/aromatic N) is 1. The number of aromatic nitrogens is 2. The minimum atomic E-state index is -0.463. The molecule has 3 saturated carbocycles. The predicted molar refractivity (Wildman–Crippen MR) is 100 cm³/mol. The van der Waals surface area contributed by atoms with Crippen molar-refractivity contribution in [3.8, 4) is 11.8 Å². The molecule has 2 atom stereocenters. The number of carbonyl (C=O) groups excluding carboxylic acids is 2. The molecule has 5 rings (SSSR count). The molecule has 2 N–H and O–H groups in total. The SMILES string of the molecule is CCOC(=O)[C@@H]1C(NC(=O)C#Cc2c[nH]c3ncc(F)cc23)[C@H]2CC[C@@H]1CC2. The Hall–Kier alpha value is -2.88. The van der Waals surface area contributed by atoms with Gasteiger partial charge in [-0.05, 0) is 50.5 Å². The number of hydrogen-bond donors (Lipinski definition) is 2. The summed E-state index contributed by atoms with van der Waals surface area (Å²) >= 11 is 0. The monoisotopic (exact) mass is 383 g/mol. The third kappa shape index (κ3) is 3.47. The highest BCUT2D eigenvalue weighted by Crippen LogP contribution is 2.45. The summed E-state index contributed by atoms with van der Waals surface area (Å²) in [5.74, 6) is 4.45. The van der Waals surface area contributed by atoms with Crippen LogP contribution in [0, 0.1) is 35.4 Å². The van der Waals surface area contributed by atoms with Crippen LogP contribution in [0.2, 0.25) is 0 Å². The molecule has 0 saturated heterocycles. The molecule has 2 aromatic rings. The van der Waals surface area contributed by atoms with Crippen molar-refractivity contribution in [1.29, 1.82) is 0 Å². The molecule has 6 nitrogen and oxygen atoms in total. The van der Waals surface area contributed by atoms with E-state index < -0.39 is 11.7 Å². The van der Waals surface area contributed by atoms with Gasteiger partial charge in [-0.1, -0.05) is 5.92 Å². The first kappa shape index (κ1) is 18.5. The second-order valence-corrected chi connectivity index (χ2v) is 7.45. The first-order valence-electron chi connectivity index (χ1n) is 9.68. The van der Waals surface area contributed by atoms with E-state index in [1.54, 1.807) is 13.1 Å². The molecule has 1 amide bonds. The largest absolute Gasteiger partial charge is 0.466 e. The summed E-state index contributed by atoms with van der Waals surface area (Å²) in [6, 6.07) is 1.09. The van der Waals surface area contributed by atoms with Gasteiger partial charge in [-0.3, -0.25) is 9.59 Å². The maximum absolute atomic E-state index is 13.4. The highest BCUT2D eigenvalue weighted by molar-refractivity contribution is 5.96. The third-order valence-corrected chi connectivity index (χ3v) is 5.88. The van der Waals surface area contributed by atoms with Crippen LogP contribution in [0.3, 0.4) is 0 Å². The van der Waals surface area contributed by atoms with Crippen LogP contribution in [0.5, 0.6) is 0 Å². The number of hydrogen-bond acceptors (Lipinski definition) is 4. The molecule has 7 heteroatoms. The predicted octanol–water partition coefficient (Wildman–Crippen LogP) is 2.54. The number of pyridine rings is 1. The van der Waals surface area contributed by atoms with Gasteiger partial charge < -0.3 is 15.0 Å². The van der Waals surface area contributed by atoms with Gasteiger partial charge in [-0.15, -0.1) is 0 Å². The Labute approximate surface area is 162 Å². The maximum atomic E-state index is 13.4. The molecule has 3 fully saturated rings. The lowest BCUT2D eigenvalue weighted by Gasteiger charge is -2.47. The fourth-order valence-electron chi connectivity index (χ4n) is 4.63. The van der Waals surface area contributed by atoms with Crippen LogP contribution in [0.1, 0.15) is 38.2 Å². The Balaban J connectivity index is 1.52. The van der Waals surface area contributed by atoms with Gasteiger partial charge in [-0.25, -0.2) is 9.37 Å². The average Bonchev–Trinajstić information content (AvgIpc) is 3.09. The van der Waals surface area contributed by atoms with E-state index in [0.29, 0.717) is 23.2 Å². The van der Waals surface area contributed by atoms with Gasteiger partial charge in [0.15, 0.2) is 0 Å². The fraction of sp³-hybridized carbons (Fsp3) is 0.476. The Morgan fingerprint density at radius 2 is 2.07 bits per heavy atom. The second kappa shape index (κ2) is 7.63. The van der Waals surface area contributed by atoms with E-state index in [2.05, 4.69) is 27.1 Å². The molecule has 2 aromatic heterocycles. The van der Waals surface area contributed by atoms with Crippen molar-refractivity contribution in [2.75, 3.05) is 6.61 Å². The van der Waals surface area contributed by atoms with E-state index in [4.69, 9.17) is 4.74 Å². The van der Waals surface area contributed by atoms with Crippen molar-refractivity contribution in [2.24, 2.45) is 17.8 Å². The number of esters is 1. The fourth-order valence-corrected chi connectivity index (χ4v) is 4.63. The highest BCUT2D eigenvalue weighted by atomic mass is 19.1. The van der Waals surface area contributed by atoms with Crippen LogP contribution in [-0.2, 0) is 14.3 Å². The number of H-pyrrole nitrogens is 1. The molecule has 2 heterocycles. The van der Waals surface area contributed by atoms with Crippen LogP contribution in [0.4, 0.5) is 4.39 Å². The van der Waals surface area contributed by atoms with Gasteiger partial charge in [0.25, 0.3) is 5.91 Å². The van der Waals surface area contributed by atoms with E-state index in [9.17, 15) is 14.0 Å². The molecule has 28 heavy (non-hydrogen) atoms. The zero-order valence-electron chi connectivity index (χ0n) is 15.6. The average molecular weight is 383 g/mol. The van der Waals surface area contributed by atoms with E-state index in [-0.39, 0.29) is 29.8 Å². The molecular formula is C21H22FN3O3. The Bertz CT molecular complexity index is 966. The van der Waals surface area contributed by atoms with Crippen molar-refractivity contribution in [1.82, 2.24) is 15.3 Å². The summed E-state index contributed by atoms with van der Waals surface area (Å²) in [5, 5.41) is 3.48. The van der Waals surface area contributed by atoms with Gasteiger partial charge in [0.2, 0.25) is 0 Å². The van der Waals surface area contributed by atoms with Crippen LogP contribution in [0.25, 0.3) is 11.0 Å². The van der Waals surface area contributed by atoms with Crippen molar-refractivity contribution in [3.05, 3.63) is 29.8 Å². The number of amides is 1. The molecule has 0 radical (unpaired) electrons. The first-order chi connectivity index (χ1) is 13.6. The number of ether oxygens (including phenoxy) is 1. The standard InChI is InChI=1S/C21H22FN3O3/c1-2-28-21(27)18-12-3-5-13(6-4-12)19(18)25-17(26)8-7-14-10-23-20-16(14)9-15(22)11-24-20/h9-13,18-19H,2-6H2,1H3,(H,23,24)(H,25,26)/t12-,13+,18-,19?/m0/s1. The van der Waals surface area contributed by atoms with Gasteiger partial charge in [-0.2, -0.15) is 0 Å². The summed E-state index contributed by atoms with van der Waals surface area (Å²) in [6.07, 6.45) is 6.73. The lowest BCUT2D eigenvalue weighted by atomic mass is 9.61. The van der Waals surface area contributed by atoms with E-state index in [0.717, 1.165) is 31.9 Å². The van der Waals surface area contributed by atoms with Crippen LogP contribution in [-0.4, -0.2) is 34.5 Å². The van der Waals surface area contributed by atoms with Crippen molar-refractivity contribution < 1.29 is 18.7 Å². The summed E-state index contributed by atoms with van der Waals surface area (Å²) in [4.78, 5) is 31.8. The maximum Gasteiger partial charge on any atom is 0.311 e. The van der Waals surface area contributed by atoms with Crippen molar-refractivity contribution >= 4 is 22.9 Å². The Kier molecular flexibility index (Phi) is 5.03. The molecule has 3 aliphatic carbocycles. The Morgan fingerprint density at radius 1 is 1.32 bits per heavy atom. The molecule has 1 unspecified atom stereocenters. The summed E-state index contributed by atoms with van der Waals surface area (Å²) in [6.45, 7) is 2.12. The van der Waals surface area contributed by atoms with Gasteiger partial charge in [0.05, 0.1) is 24.3 Å². The Morgan fingerprint density at radius 3 is 2.82 bits per heavy atom. The quantitative estimate of drug-likeness (QED) is 0.630. The topological polar surface area (TPSA) is 84.1 Å². The number of rotatable bonds is 3. The molecule has 0 spiro atoms.